The van der Waals surface area contributed by atoms with Crippen molar-refractivity contribution in [3.63, 3.8) is 0 Å². The van der Waals surface area contributed by atoms with Crippen LogP contribution < -0.4 is 10.2 Å². The zero-order chi connectivity index (χ0) is 13.9. The number of anilines is 1. The van der Waals surface area contributed by atoms with Crippen LogP contribution in [-0.2, 0) is 16.4 Å². The normalized spacial score (nSPS) is 18.5. The Balaban J connectivity index is 2.09. The lowest BCUT2D eigenvalue weighted by Crippen LogP contribution is -2.41. The monoisotopic (exact) mass is 283 g/mol. The van der Waals surface area contributed by atoms with Crippen molar-refractivity contribution in [1.29, 1.82) is 0 Å². The molecule has 0 atom stereocenters. The second-order valence-electron chi connectivity index (χ2n) is 4.90. The molecule has 5 nitrogen and oxygen atoms in total. The summed E-state index contributed by atoms with van der Waals surface area (Å²) < 4.78 is 22.9. The van der Waals surface area contributed by atoms with Crippen LogP contribution in [0.5, 0.6) is 0 Å². The molecule has 19 heavy (non-hydrogen) atoms. The number of pyridine rings is 1. The SMILES string of the molecule is CCNCc1cnc(N2CCS(=O)(=O)CC2)c(C)c1. The van der Waals surface area contributed by atoms with Gasteiger partial charge in [0.2, 0.25) is 0 Å². The van der Waals surface area contributed by atoms with Gasteiger partial charge in [0.1, 0.15) is 5.82 Å². The molecule has 1 aromatic heterocycles. The summed E-state index contributed by atoms with van der Waals surface area (Å²) in [6, 6.07) is 2.12. The zero-order valence-electron chi connectivity index (χ0n) is 11.5. The predicted octanol–water partition coefficient (Wildman–Crippen LogP) is 0.734. The molecule has 0 amide bonds. The first-order valence-corrected chi connectivity index (χ1v) is 8.45. The fraction of sp³-hybridized carbons (Fsp3) is 0.615. The van der Waals surface area contributed by atoms with Gasteiger partial charge in [0.15, 0.2) is 9.84 Å². The third-order valence-electron chi connectivity index (χ3n) is 3.33. The average Bonchev–Trinajstić information content (AvgIpc) is 2.37. The van der Waals surface area contributed by atoms with E-state index in [2.05, 4.69) is 28.2 Å². The molecule has 1 aliphatic heterocycles. The number of hydrogen-bond acceptors (Lipinski definition) is 5. The molecule has 1 aromatic rings. The van der Waals surface area contributed by atoms with E-state index in [-0.39, 0.29) is 11.5 Å². The summed E-state index contributed by atoms with van der Waals surface area (Å²) in [4.78, 5) is 6.56. The summed E-state index contributed by atoms with van der Waals surface area (Å²) in [5, 5.41) is 3.27. The van der Waals surface area contributed by atoms with E-state index in [1.807, 2.05) is 13.1 Å². The molecular formula is C13H21N3O2S. The van der Waals surface area contributed by atoms with Crippen molar-refractivity contribution in [2.45, 2.75) is 20.4 Å². The fourth-order valence-corrected chi connectivity index (χ4v) is 3.45. The highest BCUT2D eigenvalue weighted by Crippen LogP contribution is 2.20. The van der Waals surface area contributed by atoms with Crippen molar-refractivity contribution in [3.8, 4) is 0 Å². The molecule has 2 heterocycles. The quantitative estimate of drug-likeness (QED) is 0.883. The molecule has 0 unspecified atom stereocenters. The number of aromatic nitrogens is 1. The van der Waals surface area contributed by atoms with E-state index in [1.54, 1.807) is 0 Å². The van der Waals surface area contributed by atoms with Gasteiger partial charge in [-0.1, -0.05) is 6.92 Å². The Morgan fingerprint density at radius 2 is 2.05 bits per heavy atom. The molecule has 1 fully saturated rings. The number of hydrogen-bond donors (Lipinski definition) is 1. The van der Waals surface area contributed by atoms with Crippen LogP contribution in [0.2, 0.25) is 0 Å². The highest BCUT2D eigenvalue weighted by Gasteiger charge is 2.23. The summed E-state index contributed by atoms with van der Waals surface area (Å²) in [6.07, 6.45) is 1.87. The predicted molar refractivity (Wildman–Crippen MR) is 77.2 cm³/mol. The minimum atomic E-state index is -2.84. The number of nitrogens with one attached hydrogen (secondary N) is 1. The second-order valence-corrected chi connectivity index (χ2v) is 7.21. The number of sulfone groups is 1. The Hall–Kier alpha value is -1.14. The van der Waals surface area contributed by atoms with E-state index in [0.717, 1.165) is 30.0 Å². The number of aryl methyl sites for hydroxylation is 1. The third-order valence-corrected chi connectivity index (χ3v) is 4.94. The van der Waals surface area contributed by atoms with E-state index in [0.29, 0.717) is 13.1 Å². The molecule has 0 spiro atoms. The highest BCUT2D eigenvalue weighted by atomic mass is 32.2. The topological polar surface area (TPSA) is 62.3 Å². The van der Waals surface area contributed by atoms with Crippen LogP contribution in [0.15, 0.2) is 12.3 Å². The van der Waals surface area contributed by atoms with Crippen LogP contribution in [0.25, 0.3) is 0 Å². The smallest absolute Gasteiger partial charge is 0.153 e. The van der Waals surface area contributed by atoms with Crippen LogP contribution in [0.1, 0.15) is 18.1 Å². The summed E-state index contributed by atoms with van der Waals surface area (Å²) >= 11 is 0. The molecule has 0 radical (unpaired) electrons. The van der Waals surface area contributed by atoms with Gasteiger partial charge in [0.05, 0.1) is 11.5 Å². The standard InChI is InChI=1S/C13H21N3O2S/c1-3-14-9-12-8-11(2)13(15-10-12)16-4-6-19(17,18)7-5-16/h8,10,14H,3-7,9H2,1-2H3. The summed E-state index contributed by atoms with van der Waals surface area (Å²) in [7, 11) is -2.84. The second kappa shape index (κ2) is 5.88. The Morgan fingerprint density at radius 3 is 2.63 bits per heavy atom. The number of rotatable bonds is 4. The van der Waals surface area contributed by atoms with Gasteiger partial charge in [-0.2, -0.15) is 0 Å². The molecule has 106 valence electrons. The van der Waals surface area contributed by atoms with Gasteiger partial charge >= 0.3 is 0 Å². The van der Waals surface area contributed by atoms with Gasteiger partial charge in [-0.3, -0.25) is 0 Å². The fourth-order valence-electron chi connectivity index (χ4n) is 2.25. The first-order valence-electron chi connectivity index (χ1n) is 6.63. The maximum absolute atomic E-state index is 11.4. The van der Waals surface area contributed by atoms with E-state index in [9.17, 15) is 8.42 Å². The van der Waals surface area contributed by atoms with Gasteiger partial charge in [-0.15, -0.1) is 0 Å². The minimum Gasteiger partial charge on any atom is -0.354 e. The zero-order valence-corrected chi connectivity index (χ0v) is 12.3. The summed E-state index contributed by atoms with van der Waals surface area (Å²) in [5.74, 6) is 1.37. The largest absolute Gasteiger partial charge is 0.354 e. The average molecular weight is 283 g/mol. The summed E-state index contributed by atoms with van der Waals surface area (Å²) in [5.41, 5.74) is 2.27. The maximum atomic E-state index is 11.4. The Kier molecular flexibility index (Phi) is 4.42. The van der Waals surface area contributed by atoms with Gasteiger partial charge in [-0.25, -0.2) is 13.4 Å². The summed E-state index contributed by atoms with van der Waals surface area (Å²) in [6.45, 7) is 6.94. The molecule has 0 aliphatic carbocycles. The lowest BCUT2D eigenvalue weighted by Gasteiger charge is -2.29. The highest BCUT2D eigenvalue weighted by molar-refractivity contribution is 7.91. The van der Waals surface area contributed by atoms with Gasteiger partial charge in [0, 0.05) is 25.8 Å². The van der Waals surface area contributed by atoms with E-state index < -0.39 is 9.84 Å². The van der Waals surface area contributed by atoms with Crippen molar-refractivity contribution in [1.82, 2.24) is 10.3 Å². The molecule has 1 saturated heterocycles. The molecular weight excluding hydrogens is 262 g/mol. The van der Waals surface area contributed by atoms with Crippen molar-refractivity contribution < 1.29 is 8.42 Å². The van der Waals surface area contributed by atoms with Gasteiger partial charge in [0.25, 0.3) is 0 Å². The molecule has 0 aromatic carbocycles. The third kappa shape index (κ3) is 3.67. The van der Waals surface area contributed by atoms with Gasteiger partial charge in [-0.05, 0) is 30.7 Å². The van der Waals surface area contributed by atoms with Crippen LogP contribution in [0, 0.1) is 6.92 Å². The molecule has 1 N–H and O–H groups in total. The van der Waals surface area contributed by atoms with Crippen LogP contribution in [0.4, 0.5) is 5.82 Å². The maximum Gasteiger partial charge on any atom is 0.153 e. The Bertz CT molecular complexity index is 529. The van der Waals surface area contributed by atoms with Crippen LogP contribution >= 0.6 is 0 Å². The lowest BCUT2D eigenvalue weighted by molar-refractivity contribution is 0.586. The first-order chi connectivity index (χ1) is 9.02. The molecule has 1 aliphatic rings. The Labute approximate surface area is 114 Å². The Morgan fingerprint density at radius 1 is 1.37 bits per heavy atom. The van der Waals surface area contributed by atoms with Crippen molar-refractivity contribution >= 4 is 15.7 Å². The molecule has 0 saturated carbocycles. The van der Waals surface area contributed by atoms with E-state index in [1.165, 1.54) is 0 Å². The van der Waals surface area contributed by atoms with Gasteiger partial charge < -0.3 is 10.2 Å². The molecule has 0 bridgehead atoms. The minimum absolute atomic E-state index is 0.229. The lowest BCUT2D eigenvalue weighted by atomic mass is 10.2. The van der Waals surface area contributed by atoms with E-state index in [4.69, 9.17) is 0 Å². The molecule has 2 rings (SSSR count). The number of nitrogens with zero attached hydrogens (tertiary/aromatic N) is 2. The van der Waals surface area contributed by atoms with E-state index >= 15 is 0 Å². The molecule has 6 heteroatoms. The first kappa shape index (κ1) is 14.3. The van der Waals surface area contributed by atoms with Crippen LogP contribution in [-0.4, -0.2) is 44.5 Å². The van der Waals surface area contributed by atoms with Crippen molar-refractivity contribution in [2.75, 3.05) is 36.0 Å². The van der Waals surface area contributed by atoms with Crippen molar-refractivity contribution in [2.24, 2.45) is 0 Å². The van der Waals surface area contributed by atoms with Crippen LogP contribution in [0.3, 0.4) is 0 Å². The van der Waals surface area contributed by atoms with Crippen molar-refractivity contribution in [3.05, 3.63) is 23.4 Å².